The molecule has 1 unspecified atom stereocenters. The van der Waals surface area contributed by atoms with Gasteiger partial charge in [0, 0.05) is 13.0 Å². The Bertz CT molecular complexity index is 318. The van der Waals surface area contributed by atoms with E-state index in [0.717, 1.165) is 31.6 Å². The maximum absolute atomic E-state index is 9.45. The van der Waals surface area contributed by atoms with Crippen molar-refractivity contribution in [3.05, 3.63) is 12.2 Å². The Hall–Kier alpha value is -0.900. The maximum atomic E-state index is 9.45. The van der Waals surface area contributed by atoms with Gasteiger partial charge in [-0.3, -0.25) is 4.68 Å². The first kappa shape index (κ1) is 13.2. The van der Waals surface area contributed by atoms with Crippen LogP contribution in [0.15, 0.2) is 6.33 Å². The van der Waals surface area contributed by atoms with E-state index in [4.69, 9.17) is 0 Å². The molecule has 0 aliphatic rings. The topological polar surface area (TPSA) is 50.9 Å². The molecule has 1 N–H and O–H groups in total. The molecule has 0 saturated heterocycles. The lowest BCUT2D eigenvalue weighted by molar-refractivity contribution is 0.127. The first-order valence-corrected chi connectivity index (χ1v) is 5.99. The minimum absolute atomic E-state index is 0.0622. The highest BCUT2D eigenvalue weighted by molar-refractivity contribution is 4.91. The van der Waals surface area contributed by atoms with Crippen molar-refractivity contribution in [3.8, 4) is 0 Å². The van der Waals surface area contributed by atoms with Gasteiger partial charge in [0.05, 0.1) is 6.10 Å². The average Bonchev–Trinajstić information content (AvgIpc) is 2.50. The third kappa shape index (κ3) is 3.93. The molecular weight excluding hydrogens is 202 g/mol. The smallest absolute Gasteiger partial charge is 0.138 e. The van der Waals surface area contributed by atoms with Crippen LogP contribution in [0.1, 0.15) is 46.4 Å². The zero-order valence-corrected chi connectivity index (χ0v) is 10.8. The molecule has 0 aromatic carbocycles. The van der Waals surface area contributed by atoms with Gasteiger partial charge in [0.2, 0.25) is 0 Å². The molecule has 0 spiro atoms. The summed E-state index contributed by atoms with van der Waals surface area (Å²) < 4.78 is 1.96. The lowest BCUT2D eigenvalue weighted by Crippen LogP contribution is -2.23. The van der Waals surface area contributed by atoms with Crippen LogP contribution in [-0.4, -0.2) is 26.0 Å². The molecule has 0 aliphatic carbocycles. The predicted octanol–water partition coefficient (Wildman–Crippen LogP) is 2.03. The standard InChI is InChI=1S/C12H23N3O/c1-5-6-15-11(13-9-14-15)8-12(3,4)7-10(2)16/h9-10,16H,5-8H2,1-4H3. The number of hydrogen-bond donors (Lipinski definition) is 1. The van der Waals surface area contributed by atoms with Gasteiger partial charge in [-0.15, -0.1) is 0 Å². The Kier molecular flexibility index (Phi) is 4.47. The molecule has 0 saturated carbocycles. The minimum atomic E-state index is -0.266. The lowest BCUT2D eigenvalue weighted by atomic mass is 9.83. The van der Waals surface area contributed by atoms with Gasteiger partial charge in [0.25, 0.3) is 0 Å². The predicted molar refractivity (Wildman–Crippen MR) is 64.1 cm³/mol. The van der Waals surface area contributed by atoms with Crippen molar-refractivity contribution in [1.82, 2.24) is 14.8 Å². The highest BCUT2D eigenvalue weighted by Crippen LogP contribution is 2.26. The second kappa shape index (κ2) is 5.43. The summed E-state index contributed by atoms with van der Waals surface area (Å²) in [5.41, 5.74) is 0.0622. The van der Waals surface area contributed by atoms with Gasteiger partial charge < -0.3 is 5.11 Å². The number of aliphatic hydroxyl groups is 1. The van der Waals surface area contributed by atoms with E-state index in [-0.39, 0.29) is 11.5 Å². The van der Waals surface area contributed by atoms with E-state index in [9.17, 15) is 5.11 Å². The van der Waals surface area contributed by atoms with Crippen LogP contribution in [0.5, 0.6) is 0 Å². The zero-order valence-electron chi connectivity index (χ0n) is 10.8. The number of nitrogens with zero attached hydrogens (tertiary/aromatic N) is 3. The Balaban J connectivity index is 2.67. The molecule has 0 bridgehead atoms. The van der Waals surface area contributed by atoms with Gasteiger partial charge in [0.15, 0.2) is 0 Å². The highest BCUT2D eigenvalue weighted by Gasteiger charge is 2.23. The Labute approximate surface area is 97.7 Å². The van der Waals surface area contributed by atoms with Crippen LogP contribution in [0.3, 0.4) is 0 Å². The molecule has 1 atom stereocenters. The number of rotatable bonds is 6. The van der Waals surface area contributed by atoms with Crippen LogP contribution in [0.2, 0.25) is 0 Å². The lowest BCUT2D eigenvalue weighted by Gasteiger charge is -2.25. The average molecular weight is 225 g/mol. The third-order valence-electron chi connectivity index (χ3n) is 2.62. The fourth-order valence-corrected chi connectivity index (χ4v) is 2.12. The number of aliphatic hydroxyl groups excluding tert-OH is 1. The molecule has 16 heavy (non-hydrogen) atoms. The Morgan fingerprint density at radius 1 is 1.50 bits per heavy atom. The van der Waals surface area contributed by atoms with Crippen LogP contribution in [0.25, 0.3) is 0 Å². The molecule has 1 heterocycles. The van der Waals surface area contributed by atoms with Gasteiger partial charge in [-0.1, -0.05) is 20.8 Å². The van der Waals surface area contributed by atoms with Crippen molar-refractivity contribution >= 4 is 0 Å². The van der Waals surface area contributed by atoms with Crippen LogP contribution in [0.4, 0.5) is 0 Å². The molecule has 1 rings (SSSR count). The largest absolute Gasteiger partial charge is 0.393 e. The number of aryl methyl sites for hydroxylation is 1. The first-order valence-electron chi connectivity index (χ1n) is 5.99. The van der Waals surface area contributed by atoms with E-state index in [1.807, 2.05) is 11.6 Å². The molecule has 1 aromatic heterocycles. The summed E-state index contributed by atoms with van der Waals surface area (Å²) in [6.07, 6.45) is 4.05. The quantitative estimate of drug-likeness (QED) is 0.806. The van der Waals surface area contributed by atoms with E-state index in [1.165, 1.54) is 0 Å². The Morgan fingerprint density at radius 3 is 2.75 bits per heavy atom. The van der Waals surface area contributed by atoms with Crippen molar-refractivity contribution in [2.45, 2.75) is 59.6 Å². The normalized spacial score (nSPS) is 14.1. The van der Waals surface area contributed by atoms with Gasteiger partial charge >= 0.3 is 0 Å². The van der Waals surface area contributed by atoms with Crippen molar-refractivity contribution in [2.75, 3.05) is 0 Å². The van der Waals surface area contributed by atoms with E-state index in [0.29, 0.717) is 0 Å². The first-order chi connectivity index (χ1) is 7.44. The van der Waals surface area contributed by atoms with Gasteiger partial charge in [-0.05, 0) is 25.2 Å². The van der Waals surface area contributed by atoms with Gasteiger partial charge in [-0.25, -0.2) is 4.98 Å². The second-order valence-electron chi connectivity index (χ2n) is 5.29. The second-order valence-corrected chi connectivity index (χ2v) is 5.29. The van der Waals surface area contributed by atoms with E-state index in [1.54, 1.807) is 6.33 Å². The fourth-order valence-electron chi connectivity index (χ4n) is 2.12. The van der Waals surface area contributed by atoms with Gasteiger partial charge in [0.1, 0.15) is 12.2 Å². The van der Waals surface area contributed by atoms with Crippen molar-refractivity contribution in [2.24, 2.45) is 5.41 Å². The number of aromatic nitrogens is 3. The summed E-state index contributed by atoms with van der Waals surface area (Å²) in [7, 11) is 0. The van der Waals surface area contributed by atoms with Crippen LogP contribution in [0, 0.1) is 5.41 Å². The molecule has 0 amide bonds. The third-order valence-corrected chi connectivity index (χ3v) is 2.62. The van der Waals surface area contributed by atoms with E-state index >= 15 is 0 Å². The molecule has 0 fully saturated rings. The molecule has 4 heteroatoms. The van der Waals surface area contributed by atoms with Crippen molar-refractivity contribution < 1.29 is 5.11 Å². The summed E-state index contributed by atoms with van der Waals surface area (Å²) in [5, 5.41) is 13.7. The summed E-state index contributed by atoms with van der Waals surface area (Å²) in [4.78, 5) is 4.30. The highest BCUT2D eigenvalue weighted by atomic mass is 16.3. The maximum Gasteiger partial charge on any atom is 0.138 e. The van der Waals surface area contributed by atoms with Crippen molar-refractivity contribution in [1.29, 1.82) is 0 Å². The van der Waals surface area contributed by atoms with Crippen molar-refractivity contribution in [3.63, 3.8) is 0 Å². The van der Waals surface area contributed by atoms with Crippen LogP contribution in [-0.2, 0) is 13.0 Å². The summed E-state index contributed by atoms with van der Waals surface area (Å²) in [6, 6.07) is 0. The summed E-state index contributed by atoms with van der Waals surface area (Å²) in [6.45, 7) is 9.19. The van der Waals surface area contributed by atoms with Gasteiger partial charge in [-0.2, -0.15) is 5.10 Å². The molecule has 0 radical (unpaired) electrons. The molecule has 1 aromatic rings. The summed E-state index contributed by atoms with van der Waals surface area (Å²) in [5.74, 6) is 1.02. The zero-order chi connectivity index (χ0) is 12.2. The molecular formula is C12H23N3O. The molecule has 0 aliphatic heterocycles. The van der Waals surface area contributed by atoms with Crippen LogP contribution < -0.4 is 0 Å². The fraction of sp³-hybridized carbons (Fsp3) is 0.833. The molecule has 92 valence electrons. The summed E-state index contributed by atoms with van der Waals surface area (Å²) >= 11 is 0. The SMILES string of the molecule is CCCn1ncnc1CC(C)(C)CC(C)O. The monoisotopic (exact) mass is 225 g/mol. The molecule has 4 nitrogen and oxygen atoms in total. The van der Waals surface area contributed by atoms with E-state index in [2.05, 4.69) is 30.9 Å². The minimum Gasteiger partial charge on any atom is -0.393 e. The van der Waals surface area contributed by atoms with E-state index < -0.39 is 0 Å². The Morgan fingerprint density at radius 2 is 2.19 bits per heavy atom. The van der Waals surface area contributed by atoms with Crippen LogP contribution >= 0.6 is 0 Å². The number of hydrogen-bond acceptors (Lipinski definition) is 3.